The number of halogens is 2. The maximum Gasteiger partial charge on any atom is 0.309 e. The lowest BCUT2D eigenvalue weighted by molar-refractivity contribution is -0.156. The molecule has 0 amide bonds. The maximum absolute atomic E-state index is 13.4. The molecule has 3 rings (SSSR count). The summed E-state index contributed by atoms with van der Waals surface area (Å²) in [5.74, 6) is -3.16. The third-order valence-corrected chi connectivity index (χ3v) is 6.16. The van der Waals surface area contributed by atoms with E-state index in [1.165, 1.54) is 43.6 Å². The number of carbonyl (C=O) groups is 2. The van der Waals surface area contributed by atoms with Crippen LogP contribution in [0.3, 0.4) is 0 Å². The van der Waals surface area contributed by atoms with E-state index in [0.29, 0.717) is 6.42 Å². The van der Waals surface area contributed by atoms with Gasteiger partial charge in [0.1, 0.15) is 17.7 Å². The fourth-order valence-electron chi connectivity index (χ4n) is 3.85. The Morgan fingerprint density at radius 1 is 0.947 bits per heavy atom. The summed E-state index contributed by atoms with van der Waals surface area (Å²) in [6.07, 6.45) is 0.973. The highest BCUT2D eigenvalue weighted by molar-refractivity contribution is 5.99. The van der Waals surface area contributed by atoms with Gasteiger partial charge in [-0.15, -0.1) is 0 Å². The molecule has 0 bridgehead atoms. The number of benzene rings is 2. The van der Waals surface area contributed by atoms with Crippen molar-refractivity contribution in [1.82, 2.24) is 4.98 Å². The van der Waals surface area contributed by atoms with Gasteiger partial charge in [0.2, 0.25) is 0 Å². The number of rotatable bonds is 13. The third kappa shape index (κ3) is 8.08. The minimum Gasteiger partial charge on any atom is -0.503 e. The zero-order chi connectivity index (χ0) is 27.7. The molecular weight excluding hydrogens is 496 g/mol. The van der Waals surface area contributed by atoms with Gasteiger partial charge in [-0.25, -0.2) is 13.8 Å². The number of esters is 1. The first kappa shape index (κ1) is 28.7. The highest BCUT2D eigenvalue weighted by Crippen LogP contribution is 2.29. The van der Waals surface area contributed by atoms with Gasteiger partial charge in [0.15, 0.2) is 23.0 Å². The fraction of sp³-hybridized carbons (Fsp3) is 0.345. The summed E-state index contributed by atoms with van der Waals surface area (Å²) >= 11 is 0. The molecule has 0 aliphatic rings. The van der Waals surface area contributed by atoms with Crippen LogP contribution in [0.25, 0.3) is 0 Å². The van der Waals surface area contributed by atoms with Crippen LogP contribution in [-0.4, -0.2) is 41.7 Å². The Morgan fingerprint density at radius 3 is 2.16 bits per heavy atom. The van der Waals surface area contributed by atoms with E-state index in [2.05, 4.69) is 4.98 Å². The highest BCUT2D eigenvalue weighted by atomic mass is 19.1. The molecule has 1 aromatic heterocycles. The van der Waals surface area contributed by atoms with Crippen LogP contribution in [0.4, 0.5) is 8.78 Å². The quantitative estimate of drug-likeness (QED) is 0.238. The van der Waals surface area contributed by atoms with Gasteiger partial charge in [0.25, 0.3) is 0 Å². The van der Waals surface area contributed by atoms with Crippen LogP contribution in [-0.2, 0) is 27.3 Å². The van der Waals surface area contributed by atoms with Crippen LogP contribution in [0, 0.1) is 23.5 Å². The van der Waals surface area contributed by atoms with Gasteiger partial charge in [0.05, 0.1) is 26.2 Å². The molecule has 7 nitrogen and oxygen atoms in total. The van der Waals surface area contributed by atoms with Gasteiger partial charge in [-0.3, -0.25) is 9.59 Å². The Hall–Kier alpha value is -3.85. The number of hydrogen-bond donors (Lipinski definition) is 1. The molecule has 0 fully saturated rings. The Labute approximate surface area is 220 Å². The van der Waals surface area contributed by atoms with E-state index in [9.17, 15) is 23.5 Å². The van der Waals surface area contributed by atoms with Crippen molar-refractivity contribution in [2.45, 2.75) is 39.4 Å². The lowest BCUT2D eigenvalue weighted by Crippen LogP contribution is -2.32. The molecule has 0 aliphatic carbocycles. The molecular formula is C29H31F2NO6. The zero-order valence-corrected chi connectivity index (χ0v) is 21.5. The van der Waals surface area contributed by atoms with Crippen LogP contribution in [0.1, 0.15) is 41.9 Å². The molecule has 0 radical (unpaired) electrons. The number of ketones is 1. The summed E-state index contributed by atoms with van der Waals surface area (Å²) in [5.41, 5.74) is 1.45. The Kier molecular flexibility index (Phi) is 10.3. The second-order valence-electron chi connectivity index (χ2n) is 9.11. The molecule has 1 heterocycles. The van der Waals surface area contributed by atoms with Gasteiger partial charge < -0.3 is 19.3 Å². The third-order valence-electron chi connectivity index (χ3n) is 6.16. The normalized spacial score (nSPS) is 13.4. The SMILES string of the molecule is COc1ccnc(C(=O)C[C@@H](C)C(=O)O[C@@H](C)[C@@H](COCc2ccc(F)cc2)Cc2ccc(F)cc2)c1O. The Morgan fingerprint density at radius 2 is 1.55 bits per heavy atom. The molecule has 0 unspecified atom stereocenters. The average molecular weight is 528 g/mol. The molecule has 0 saturated heterocycles. The first-order chi connectivity index (χ1) is 18.2. The van der Waals surface area contributed by atoms with Gasteiger partial charge in [-0.1, -0.05) is 31.2 Å². The molecule has 3 aromatic rings. The van der Waals surface area contributed by atoms with E-state index in [0.717, 1.165) is 11.1 Å². The number of aromatic hydroxyl groups is 1. The van der Waals surface area contributed by atoms with E-state index in [4.69, 9.17) is 14.2 Å². The first-order valence-corrected chi connectivity index (χ1v) is 12.2. The fourth-order valence-corrected chi connectivity index (χ4v) is 3.85. The van der Waals surface area contributed by atoms with Crippen LogP contribution in [0.15, 0.2) is 60.8 Å². The largest absolute Gasteiger partial charge is 0.503 e. The topological polar surface area (TPSA) is 95.0 Å². The number of hydrogen-bond acceptors (Lipinski definition) is 7. The number of aromatic nitrogens is 1. The predicted octanol–water partition coefficient (Wildman–Crippen LogP) is 5.29. The van der Waals surface area contributed by atoms with Gasteiger partial charge in [0, 0.05) is 24.6 Å². The van der Waals surface area contributed by atoms with Gasteiger partial charge in [-0.2, -0.15) is 0 Å². The summed E-state index contributed by atoms with van der Waals surface area (Å²) in [7, 11) is 1.36. The van der Waals surface area contributed by atoms with Gasteiger partial charge >= 0.3 is 5.97 Å². The highest BCUT2D eigenvalue weighted by Gasteiger charge is 2.27. The summed E-state index contributed by atoms with van der Waals surface area (Å²) in [4.78, 5) is 29.4. The summed E-state index contributed by atoms with van der Waals surface area (Å²) in [6.45, 7) is 3.75. The van der Waals surface area contributed by atoms with Crippen molar-refractivity contribution in [3.05, 3.63) is 89.2 Å². The standard InChI is InChI=1S/C29H31F2NO6/c1-18(14-25(33)27-28(34)26(36-3)12-13-32-27)29(35)38-19(2)22(15-20-4-8-23(30)9-5-20)17-37-16-21-6-10-24(31)11-7-21/h4-13,18-19,22,34H,14-17H2,1-3H3/t18-,19+,22-/m1/s1. The maximum atomic E-state index is 13.4. The van der Waals surface area contributed by atoms with Crippen molar-refractivity contribution >= 4 is 11.8 Å². The minimum atomic E-state index is -0.802. The number of ether oxygens (including phenoxy) is 3. The predicted molar refractivity (Wildman–Crippen MR) is 136 cm³/mol. The van der Waals surface area contributed by atoms with Crippen molar-refractivity contribution in [2.24, 2.45) is 11.8 Å². The number of pyridine rings is 1. The zero-order valence-electron chi connectivity index (χ0n) is 21.5. The number of Topliss-reactive ketones (excluding diaryl/α,β-unsaturated/α-hetero) is 1. The van der Waals surface area contributed by atoms with Crippen molar-refractivity contribution < 1.29 is 37.7 Å². The molecule has 0 aliphatic heterocycles. The number of carbonyl (C=O) groups excluding carboxylic acids is 2. The van der Waals surface area contributed by atoms with E-state index < -0.39 is 23.8 Å². The molecule has 9 heteroatoms. The smallest absolute Gasteiger partial charge is 0.309 e. The molecule has 0 spiro atoms. The molecule has 3 atom stereocenters. The van der Waals surface area contributed by atoms with Crippen LogP contribution in [0.5, 0.6) is 11.5 Å². The lowest BCUT2D eigenvalue weighted by Gasteiger charge is -2.25. The summed E-state index contributed by atoms with van der Waals surface area (Å²) in [6, 6.07) is 13.4. The summed E-state index contributed by atoms with van der Waals surface area (Å²) < 4.78 is 43.1. The van der Waals surface area contributed by atoms with Crippen molar-refractivity contribution in [3.63, 3.8) is 0 Å². The van der Waals surface area contributed by atoms with E-state index in [1.807, 2.05) is 0 Å². The Balaban J connectivity index is 1.63. The second kappa shape index (κ2) is 13.6. The lowest BCUT2D eigenvalue weighted by atomic mass is 9.95. The van der Waals surface area contributed by atoms with Crippen LogP contribution < -0.4 is 4.74 Å². The van der Waals surface area contributed by atoms with Crippen LogP contribution in [0.2, 0.25) is 0 Å². The monoisotopic (exact) mass is 527 g/mol. The average Bonchev–Trinajstić information content (AvgIpc) is 2.90. The Bertz CT molecular complexity index is 1220. The van der Waals surface area contributed by atoms with Crippen LogP contribution >= 0.6 is 0 Å². The molecule has 2 aromatic carbocycles. The molecule has 38 heavy (non-hydrogen) atoms. The van der Waals surface area contributed by atoms with E-state index >= 15 is 0 Å². The molecule has 1 N–H and O–H groups in total. The van der Waals surface area contributed by atoms with Crippen molar-refractivity contribution in [3.8, 4) is 11.5 Å². The van der Waals surface area contributed by atoms with Crippen molar-refractivity contribution in [2.75, 3.05) is 13.7 Å². The van der Waals surface area contributed by atoms with Crippen molar-refractivity contribution in [1.29, 1.82) is 0 Å². The van der Waals surface area contributed by atoms with Gasteiger partial charge in [-0.05, 0) is 48.7 Å². The van der Waals surface area contributed by atoms with E-state index in [1.54, 1.807) is 38.1 Å². The number of methoxy groups -OCH3 is 1. The molecule has 0 saturated carbocycles. The summed E-state index contributed by atoms with van der Waals surface area (Å²) in [5, 5.41) is 10.2. The molecule has 202 valence electrons. The minimum absolute atomic E-state index is 0.108. The first-order valence-electron chi connectivity index (χ1n) is 12.2. The second-order valence-corrected chi connectivity index (χ2v) is 9.11. The number of nitrogens with zero attached hydrogens (tertiary/aromatic N) is 1. The van der Waals surface area contributed by atoms with E-state index in [-0.39, 0.29) is 54.4 Å².